The van der Waals surface area contributed by atoms with Crippen molar-refractivity contribution < 1.29 is 0 Å². The van der Waals surface area contributed by atoms with Crippen molar-refractivity contribution in [3.63, 3.8) is 0 Å². The molecule has 0 atom stereocenters. The first-order chi connectivity index (χ1) is 7.18. The van der Waals surface area contributed by atoms with Crippen molar-refractivity contribution in [1.29, 1.82) is 0 Å². The smallest absolute Gasteiger partial charge is 0.0782 e. The van der Waals surface area contributed by atoms with E-state index in [1.165, 1.54) is 21.9 Å². The lowest BCUT2D eigenvalue weighted by Crippen LogP contribution is -2.12. The van der Waals surface area contributed by atoms with Crippen LogP contribution in [-0.2, 0) is 0 Å². The molecule has 0 amide bonds. The number of thioether (sulfide) groups is 1. The normalized spacial score (nSPS) is 23.1. The fourth-order valence-electron chi connectivity index (χ4n) is 2.56. The van der Waals surface area contributed by atoms with Crippen LogP contribution in [0.3, 0.4) is 0 Å². The second-order valence-electron chi connectivity index (χ2n) is 4.50. The van der Waals surface area contributed by atoms with E-state index >= 15 is 0 Å². The van der Waals surface area contributed by atoms with Crippen molar-refractivity contribution in [1.82, 2.24) is 4.90 Å². The first-order valence-corrected chi connectivity index (χ1v) is 6.22. The molecule has 1 nitrogen and oxygen atoms in total. The van der Waals surface area contributed by atoms with Gasteiger partial charge in [0, 0.05) is 18.4 Å². The van der Waals surface area contributed by atoms with Crippen LogP contribution in [0.4, 0.5) is 0 Å². The van der Waals surface area contributed by atoms with Gasteiger partial charge >= 0.3 is 0 Å². The lowest BCUT2D eigenvalue weighted by atomic mass is 10.1. The third-order valence-electron chi connectivity index (χ3n) is 3.19. The highest BCUT2D eigenvalue weighted by Crippen LogP contribution is 2.54. The number of hydrogen-bond acceptors (Lipinski definition) is 2. The summed E-state index contributed by atoms with van der Waals surface area (Å²) >= 11 is 1.96. The van der Waals surface area contributed by atoms with Gasteiger partial charge in [-0.25, -0.2) is 0 Å². The molecule has 2 heteroatoms. The van der Waals surface area contributed by atoms with Crippen molar-refractivity contribution in [2.45, 2.75) is 26.7 Å². The third kappa shape index (κ3) is 1.18. The molecule has 15 heavy (non-hydrogen) atoms. The maximum atomic E-state index is 2.37. The highest BCUT2D eigenvalue weighted by molar-refractivity contribution is 8.07. The maximum Gasteiger partial charge on any atom is 0.0782 e. The summed E-state index contributed by atoms with van der Waals surface area (Å²) in [6.45, 7) is 4.39. The van der Waals surface area contributed by atoms with E-state index in [4.69, 9.17) is 0 Å². The van der Waals surface area contributed by atoms with E-state index in [1.807, 2.05) is 11.8 Å². The van der Waals surface area contributed by atoms with Crippen molar-refractivity contribution in [3.8, 4) is 0 Å². The summed E-state index contributed by atoms with van der Waals surface area (Å²) in [5, 5.41) is 1.42. The van der Waals surface area contributed by atoms with Crippen LogP contribution in [0.15, 0.2) is 44.5 Å². The summed E-state index contributed by atoms with van der Waals surface area (Å²) in [4.78, 5) is 3.92. The number of rotatable bonds is 0. The van der Waals surface area contributed by atoms with Gasteiger partial charge in [-0.2, -0.15) is 0 Å². The van der Waals surface area contributed by atoms with Crippen LogP contribution in [0, 0.1) is 0 Å². The molecule has 0 bridgehead atoms. The molecule has 78 valence electrons. The van der Waals surface area contributed by atoms with Crippen molar-refractivity contribution in [2.75, 3.05) is 7.05 Å². The zero-order chi connectivity index (χ0) is 10.6. The van der Waals surface area contributed by atoms with Gasteiger partial charge in [-0.3, -0.25) is 0 Å². The van der Waals surface area contributed by atoms with Gasteiger partial charge in [-0.15, -0.1) is 0 Å². The molecule has 3 rings (SSSR count). The Morgan fingerprint density at radius 1 is 1.33 bits per heavy atom. The van der Waals surface area contributed by atoms with Crippen molar-refractivity contribution >= 4 is 11.8 Å². The van der Waals surface area contributed by atoms with Crippen LogP contribution >= 0.6 is 11.8 Å². The van der Waals surface area contributed by atoms with Gasteiger partial charge in [-0.1, -0.05) is 23.9 Å². The predicted molar refractivity (Wildman–Crippen MR) is 66.2 cm³/mol. The van der Waals surface area contributed by atoms with Crippen LogP contribution in [0.2, 0.25) is 0 Å². The topological polar surface area (TPSA) is 3.24 Å². The lowest BCUT2D eigenvalue weighted by molar-refractivity contribution is 0.572. The minimum Gasteiger partial charge on any atom is -0.338 e. The Morgan fingerprint density at radius 2 is 2.13 bits per heavy atom. The minimum atomic E-state index is 1.13. The fraction of sp³-hybridized carbons (Fsp3) is 0.385. The Morgan fingerprint density at radius 3 is 2.87 bits per heavy atom. The monoisotopic (exact) mass is 217 g/mol. The van der Waals surface area contributed by atoms with E-state index < -0.39 is 0 Å². The van der Waals surface area contributed by atoms with E-state index in [9.17, 15) is 0 Å². The Bertz CT molecular complexity index is 459. The molecular formula is C13H15NS. The Labute approximate surface area is 95.2 Å². The van der Waals surface area contributed by atoms with E-state index in [-0.39, 0.29) is 0 Å². The molecule has 0 saturated carbocycles. The molecule has 0 aromatic heterocycles. The van der Waals surface area contributed by atoms with Gasteiger partial charge in [-0.05, 0) is 37.0 Å². The SMILES string of the molecule is CC(C)=C1SC2=C(C3=CCC=C3C2)N1C. The zero-order valence-electron chi connectivity index (χ0n) is 9.42. The molecule has 0 spiro atoms. The first kappa shape index (κ1) is 9.34. The minimum absolute atomic E-state index is 1.13. The molecule has 0 unspecified atom stereocenters. The van der Waals surface area contributed by atoms with E-state index in [0.717, 1.165) is 12.8 Å². The lowest BCUT2D eigenvalue weighted by Gasteiger charge is -2.19. The van der Waals surface area contributed by atoms with Gasteiger partial charge in [0.2, 0.25) is 0 Å². The van der Waals surface area contributed by atoms with Gasteiger partial charge < -0.3 is 4.90 Å². The summed E-state index contributed by atoms with van der Waals surface area (Å²) in [6, 6.07) is 0. The second kappa shape index (κ2) is 3.05. The van der Waals surface area contributed by atoms with Gasteiger partial charge in [0.25, 0.3) is 0 Å². The predicted octanol–water partition coefficient (Wildman–Crippen LogP) is 3.79. The summed E-state index contributed by atoms with van der Waals surface area (Å²) < 4.78 is 0. The van der Waals surface area contributed by atoms with Crippen molar-refractivity contribution in [3.05, 3.63) is 44.5 Å². The number of nitrogens with zero attached hydrogens (tertiary/aromatic N) is 1. The average Bonchev–Trinajstić information content (AvgIpc) is 2.76. The zero-order valence-corrected chi connectivity index (χ0v) is 10.2. The van der Waals surface area contributed by atoms with Crippen LogP contribution in [0.1, 0.15) is 26.7 Å². The molecule has 1 heterocycles. The summed E-state index contributed by atoms with van der Waals surface area (Å²) in [5.74, 6) is 0. The molecule has 0 aromatic carbocycles. The molecule has 0 radical (unpaired) electrons. The maximum absolute atomic E-state index is 2.37. The van der Waals surface area contributed by atoms with E-state index in [0.29, 0.717) is 0 Å². The van der Waals surface area contributed by atoms with Crippen LogP contribution in [0.5, 0.6) is 0 Å². The quantitative estimate of drug-likeness (QED) is 0.607. The number of likely N-dealkylation sites (N-methyl/N-ethyl adjacent to an activating group) is 1. The largest absolute Gasteiger partial charge is 0.338 e. The van der Waals surface area contributed by atoms with Crippen LogP contribution < -0.4 is 0 Å². The summed E-state index contributed by atoms with van der Waals surface area (Å²) in [7, 11) is 2.19. The van der Waals surface area contributed by atoms with Gasteiger partial charge in [0.1, 0.15) is 0 Å². The molecule has 0 saturated heterocycles. The van der Waals surface area contributed by atoms with E-state index in [1.54, 1.807) is 10.5 Å². The first-order valence-electron chi connectivity index (χ1n) is 5.40. The molecule has 1 aliphatic heterocycles. The van der Waals surface area contributed by atoms with Crippen LogP contribution in [0.25, 0.3) is 0 Å². The molecule has 2 aliphatic carbocycles. The van der Waals surface area contributed by atoms with Gasteiger partial charge in [0.05, 0.1) is 10.7 Å². The van der Waals surface area contributed by atoms with Gasteiger partial charge in [0.15, 0.2) is 0 Å². The standard InChI is InChI=1S/C13H15NS/c1-8(2)13-14(3)12-10-6-4-5-9(10)7-11(12)15-13/h5-6H,4,7H2,1-3H3. The molecule has 0 aromatic rings. The van der Waals surface area contributed by atoms with Crippen LogP contribution in [-0.4, -0.2) is 11.9 Å². The Balaban J connectivity index is 2.05. The molecule has 0 fully saturated rings. The third-order valence-corrected chi connectivity index (χ3v) is 4.65. The molecule has 3 aliphatic rings. The van der Waals surface area contributed by atoms with Crippen molar-refractivity contribution in [2.24, 2.45) is 0 Å². The highest BCUT2D eigenvalue weighted by atomic mass is 32.2. The number of hydrogen-bond donors (Lipinski definition) is 0. The summed E-state index contributed by atoms with van der Waals surface area (Å²) in [6.07, 6.45) is 7.02. The highest BCUT2D eigenvalue weighted by Gasteiger charge is 2.35. The number of allylic oxidation sites excluding steroid dienone is 5. The number of fused-ring (bicyclic) bond motifs is 2. The Hall–Kier alpha value is -0.890. The Kier molecular flexibility index (Phi) is 1.90. The fourth-order valence-corrected chi connectivity index (χ4v) is 3.80. The molecule has 0 N–H and O–H groups in total. The molecular weight excluding hydrogens is 202 g/mol. The average molecular weight is 217 g/mol. The second-order valence-corrected chi connectivity index (χ2v) is 5.58. The summed E-state index contributed by atoms with van der Waals surface area (Å²) in [5.41, 5.74) is 5.93. The van der Waals surface area contributed by atoms with E-state index in [2.05, 4.69) is 37.9 Å².